The number of rotatable bonds is 14. The molecule has 0 aromatic carbocycles. The monoisotopic (exact) mass is 267 g/mol. The minimum atomic E-state index is 1.15. The predicted octanol–water partition coefficient (Wildman–Crippen LogP) is 5.81. The molecule has 0 amide bonds. The minimum absolute atomic E-state index is 1.15. The van der Waals surface area contributed by atoms with Gasteiger partial charge in [-0.15, -0.1) is 0 Å². The maximum atomic E-state index is 2.57. The SMILES string of the molecule is CCCCC/C=C/CN(CC)CCCCCCCC. The molecule has 19 heavy (non-hydrogen) atoms. The van der Waals surface area contributed by atoms with E-state index in [0.717, 1.165) is 6.54 Å². The third-order valence-corrected chi connectivity index (χ3v) is 3.78. The van der Waals surface area contributed by atoms with E-state index in [2.05, 4.69) is 37.8 Å². The molecular formula is C18H37N. The normalized spacial score (nSPS) is 11.8. The van der Waals surface area contributed by atoms with Crippen LogP contribution in [0, 0.1) is 0 Å². The Hall–Kier alpha value is -0.300. The molecule has 0 bridgehead atoms. The van der Waals surface area contributed by atoms with Crippen molar-refractivity contribution in [2.75, 3.05) is 19.6 Å². The summed E-state index contributed by atoms with van der Waals surface area (Å²) in [5.41, 5.74) is 0. The van der Waals surface area contributed by atoms with E-state index in [-0.39, 0.29) is 0 Å². The smallest absolute Gasteiger partial charge is 0.0163 e. The molecule has 0 unspecified atom stereocenters. The van der Waals surface area contributed by atoms with Gasteiger partial charge in [0.05, 0.1) is 0 Å². The molecule has 0 aliphatic heterocycles. The summed E-state index contributed by atoms with van der Waals surface area (Å²) in [6.07, 6.45) is 18.5. The Morgan fingerprint density at radius 3 is 2.00 bits per heavy atom. The molecule has 0 spiro atoms. The Kier molecular flexibility index (Phi) is 15.5. The van der Waals surface area contributed by atoms with Gasteiger partial charge in [-0.05, 0) is 32.4 Å². The molecule has 0 saturated carbocycles. The average Bonchev–Trinajstić information content (AvgIpc) is 2.44. The fraction of sp³-hybridized carbons (Fsp3) is 0.889. The number of nitrogens with zero attached hydrogens (tertiary/aromatic N) is 1. The maximum absolute atomic E-state index is 2.57. The van der Waals surface area contributed by atoms with Crippen LogP contribution in [0.1, 0.15) is 85.0 Å². The Morgan fingerprint density at radius 1 is 0.684 bits per heavy atom. The number of hydrogen-bond acceptors (Lipinski definition) is 1. The largest absolute Gasteiger partial charge is 0.300 e. The summed E-state index contributed by atoms with van der Waals surface area (Å²) in [6, 6.07) is 0. The summed E-state index contributed by atoms with van der Waals surface area (Å²) in [4.78, 5) is 2.57. The highest BCUT2D eigenvalue weighted by Crippen LogP contribution is 2.06. The first kappa shape index (κ1) is 18.7. The second kappa shape index (κ2) is 15.8. The molecule has 0 fully saturated rings. The van der Waals surface area contributed by atoms with Crippen LogP contribution in [-0.4, -0.2) is 24.5 Å². The van der Waals surface area contributed by atoms with Gasteiger partial charge in [0.15, 0.2) is 0 Å². The van der Waals surface area contributed by atoms with E-state index >= 15 is 0 Å². The van der Waals surface area contributed by atoms with E-state index in [1.807, 2.05) is 0 Å². The first-order valence-corrected chi connectivity index (χ1v) is 8.72. The van der Waals surface area contributed by atoms with Gasteiger partial charge in [-0.2, -0.15) is 0 Å². The first-order chi connectivity index (χ1) is 9.35. The lowest BCUT2D eigenvalue weighted by atomic mass is 10.1. The second-order valence-corrected chi connectivity index (χ2v) is 5.63. The summed E-state index contributed by atoms with van der Waals surface area (Å²) < 4.78 is 0. The highest BCUT2D eigenvalue weighted by atomic mass is 15.1. The summed E-state index contributed by atoms with van der Waals surface area (Å²) in [6.45, 7) is 10.4. The molecule has 0 atom stereocenters. The van der Waals surface area contributed by atoms with Crippen LogP contribution in [0.4, 0.5) is 0 Å². The summed E-state index contributed by atoms with van der Waals surface area (Å²) >= 11 is 0. The first-order valence-electron chi connectivity index (χ1n) is 8.72. The molecule has 0 rings (SSSR count). The van der Waals surface area contributed by atoms with Crippen molar-refractivity contribution < 1.29 is 0 Å². The number of unbranched alkanes of at least 4 members (excludes halogenated alkanes) is 8. The van der Waals surface area contributed by atoms with Crippen molar-refractivity contribution in [1.29, 1.82) is 0 Å². The van der Waals surface area contributed by atoms with Gasteiger partial charge in [0.2, 0.25) is 0 Å². The Bertz CT molecular complexity index is 186. The molecule has 0 radical (unpaired) electrons. The molecule has 0 aliphatic carbocycles. The fourth-order valence-corrected chi connectivity index (χ4v) is 2.35. The van der Waals surface area contributed by atoms with Crippen LogP contribution < -0.4 is 0 Å². The number of likely N-dealkylation sites (N-methyl/N-ethyl adjacent to an activating group) is 1. The van der Waals surface area contributed by atoms with E-state index in [9.17, 15) is 0 Å². The third-order valence-electron chi connectivity index (χ3n) is 3.78. The van der Waals surface area contributed by atoms with Crippen LogP contribution in [0.25, 0.3) is 0 Å². The van der Waals surface area contributed by atoms with Gasteiger partial charge in [-0.25, -0.2) is 0 Å². The third kappa shape index (κ3) is 13.9. The van der Waals surface area contributed by atoms with E-state index in [1.165, 1.54) is 77.3 Å². The highest BCUT2D eigenvalue weighted by Gasteiger charge is 1.99. The predicted molar refractivity (Wildman–Crippen MR) is 88.8 cm³/mol. The standard InChI is InChI=1S/C18H37N/c1-4-7-9-11-13-15-17-19(6-3)18-16-14-12-10-8-5-2/h13,15H,4-12,14,16-18H2,1-3H3/b15-13+. The van der Waals surface area contributed by atoms with Crippen LogP contribution in [0.2, 0.25) is 0 Å². The van der Waals surface area contributed by atoms with Gasteiger partial charge in [0.1, 0.15) is 0 Å². The van der Waals surface area contributed by atoms with Crippen molar-refractivity contribution in [1.82, 2.24) is 4.90 Å². The van der Waals surface area contributed by atoms with Gasteiger partial charge in [0.25, 0.3) is 0 Å². The molecule has 0 aromatic rings. The minimum Gasteiger partial charge on any atom is -0.300 e. The molecule has 1 nitrogen and oxygen atoms in total. The zero-order valence-corrected chi connectivity index (χ0v) is 13.8. The second-order valence-electron chi connectivity index (χ2n) is 5.63. The van der Waals surface area contributed by atoms with Crippen molar-refractivity contribution >= 4 is 0 Å². The lowest BCUT2D eigenvalue weighted by Gasteiger charge is -2.18. The lowest BCUT2D eigenvalue weighted by molar-refractivity contribution is 0.309. The van der Waals surface area contributed by atoms with Gasteiger partial charge in [0, 0.05) is 6.54 Å². The highest BCUT2D eigenvalue weighted by molar-refractivity contribution is 4.84. The van der Waals surface area contributed by atoms with Crippen molar-refractivity contribution in [3.63, 3.8) is 0 Å². The van der Waals surface area contributed by atoms with Crippen LogP contribution in [0.15, 0.2) is 12.2 Å². The van der Waals surface area contributed by atoms with E-state index in [1.54, 1.807) is 0 Å². The van der Waals surface area contributed by atoms with E-state index in [0.29, 0.717) is 0 Å². The molecule has 0 saturated heterocycles. The molecule has 0 aliphatic rings. The summed E-state index contributed by atoms with van der Waals surface area (Å²) in [7, 11) is 0. The number of hydrogen-bond donors (Lipinski definition) is 0. The quantitative estimate of drug-likeness (QED) is 0.284. The number of allylic oxidation sites excluding steroid dienone is 1. The molecular weight excluding hydrogens is 230 g/mol. The maximum Gasteiger partial charge on any atom is 0.0163 e. The Morgan fingerprint density at radius 2 is 1.32 bits per heavy atom. The molecule has 114 valence electrons. The molecule has 1 heteroatoms. The van der Waals surface area contributed by atoms with Crippen LogP contribution in [0.3, 0.4) is 0 Å². The van der Waals surface area contributed by atoms with Gasteiger partial charge in [-0.3, -0.25) is 4.90 Å². The summed E-state index contributed by atoms with van der Waals surface area (Å²) in [5.74, 6) is 0. The van der Waals surface area contributed by atoms with E-state index in [4.69, 9.17) is 0 Å². The van der Waals surface area contributed by atoms with Gasteiger partial charge in [-0.1, -0.05) is 77.9 Å². The molecule has 0 N–H and O–H groups in total. The van der Waals surface area contributed by atoms with Crippen LogP contribution >= 0.6 is 0 Å². The fourth-order valence-electron chi connectivity index (χ4n) is 2.35. The average molecular weight is 268 g/mol. The van der Waals surface area contributed by atoms with Gasteiger partial charge >= 0.3 is 0 Å². The molecule has 0 heterocycles. The summed E-state index contributed by atoms with van der Waals surface area (Å²) in [5, 5.41) is 0. The van der Waals surface area contributed by atoms with Crippen molar-refractivity contribution in [3.05, 3.63) is 12.2 Å². The lowest BCUT2D eigenvalue weighted by Crippen LogP contribution is -2.24. The Balaban J connectivity index is 3.43. The van der Waals surface area contributed by atoms with Crippen molar-refractivity contribution in [3.8, 4) is 0 Å². The Labute approximate surface area is 122 Å². The molecule has 0 aromatic heterocycles. The zero-order chi connectivity index (χ0) is 14.2. The van der Waals surface area contributed by atoms with Crippen molar-refractivity contribution in [2.45, 2.75) is 85.0 Å². The van der Waals surface area contributed by atoms with Gasteiger partial charge < -0.3 is 0 Å². The zero-order valence-electron chi connectivity index (χ0n) is 13.8. The topological polar surface area (TPSA) is 3.24 Å². The van der Waals surface area contributed by atoms with Crippen molar-refractivity contribution in [2.24, 2.45) is 0 Å². The van der Waals surface area contributed by atoms with Crippen LogP contribution in [0.5, 0.6) is 0 Å². The van der Waals surface area contributed by atoms with E-state index < -0.39 is 0 Å². The van der Waals surface area contributed by atoms with Crippen LogP contribution in [-0.2, 0) is 0 Å².